The summed E-state index contributed by atoms with van der Waals surface area (Å²) in [6.07, 6.45) is 2.08. The van der Waals surface area contributed by atoms with Crippen molar-refractivity contribution in [3.05, 3.63) is 81.1 Å². The van der Waals surface area contributed by atoms with Crippen molar-refractivity contribution < 1.29 is 0 Å². The Bertz CT molecular complexity index is 1170. The van der Waals surface area contributed by atoms with Gasteiger partial charge in [0.25, 0.3) is 0 Å². The van der Waals surface area contributed by atoms with E-state index < -0.39 is 0 Å². The van der Waals surface area contributed by atoms with Crippen molar-refractivity contribution in [2.45, 2.75) is 46.4 Å². The van der Waals surface area contributed by atoms with Gasteiger partial charge in [0.05, 0.1) is 39.2 Å². The molecule has 0 N–H and O–H groups in total. The fourth-order valence-corrected chi connectivity index (χ4v) is 4.62. The lowest BCUT2D eigenvalue weighted by Gasteiger charge is -2.11. The van der Waals surface area contributed by atoms with Crippen LogP contribution in [-0.4, -0.2) is 22.7 Å². The number of aliphatic imine (C=N–C) groups is 2. The lowest BCUT2D eigenvalue weighted by molar-refractivity contribution is 1.22. The molecule has 0 aliphatic carbocycles. The van der Waals surface area contributed by atoms with Crippen molar-refractivity contribution in [3.63, 3.8) is 0 Å². The zero-order chi connectivity index (χ0) is 22.7. The van der Waals surface area contributed by atoms with Gasteiger partial charge in [0.15, 0.2) is 0 Å². The van der Waals surface area contributed by atoms with Crippen LogP contribution in [0.4, 0.5) is 11.4 Å². The number of pyridine rings is 1. The van der Waals surface area contributed by atoms with Crippen molar-refractivity contribution in [2.75, 3.05) is 6.26 Å². The van der Waals surface area contributed by atoms with E-state index in [1.54, 1.807) is 11.8 Å². The number of rotatable bonds is 5. The van der Waals surface area contributed by atoms with E-state index in [9.17, 15) is 0 Å². The summed E-state index contributed by atoms with van der Waals surface area (Å²) in [5, 5.41) is 0.658. The Hall–Kier alpha value is -2.43. The molecule has 0 aliphatic rings. The first kappa shape index (κ1) is 23.2. The monoisotopic (exact) mass is 449 g/mol. The van der Waals surface area contributed by atoms with Gasteiger partial charge in [0.2, 0.25) is 0 Å². The second-order valence-electron chi connectivity index (χ2n) is 7.85. The quantitative estimate of drug-likeness (QED) is 0.292. The standard InChI is InChI=1S/C26H28ClN3S/c1-15-11-17(3)25(21(27)13-15)28-19(5)22-9-8-10-23(30-22)20(6)29-26-18(4)12-16(2)14-24(26)31-7/h8-14H,1-7H3. The van der Waals surface area contributed by atoms with Gasteiger partial charge in [0, 0.05) is 4.90 Å². The van der Waals surface area contributed by atoms with Gasteiger partial charge in [-0.2, -0.15) is 0 Å². The van der Waals surface area contributed by atoms with Crippen LogP contribution in [0.15, 0.2) is 57.3 Å². The number of halogens is 1. The van der Waals surface area contributed by atoms with Gasteiger partial charge in [-0.3, -0.25) is 4.99 Å². The van der Waals surface area contributed by atoms with Gasteiger partial charge in [-0.15, -0.1) is 11.8 Å². The average Bonchev–Trinajstić information content (AvgIpc) is 2.72. The lowest BCUT2D eigenvalue weighted by Crippen LogP contribution is -2.05. The third kappa shape index (κ3) is 5.44. The van der Waals surface area contributed by atoms with Gasteiger partial charge in [-0.25, -0.2) is 9.98 Å². The summed E-state index contributed by atoms with van der Waals surface area (Å²) >= 11 is 8.16. The summed E-state index contributed by atoms with van der Waals surface area (Å²) in [6, 6.07) is 14.3. The van der Waals surface area contributed by atoms with E-state index in [0.717, 1.165) is 45.3 Å². The molecular formula is C26H28ClN3S. The minimum Gasteiger partial charge on any atom is -0.250 e. The largest absolute Gasteiger partial charge is 0.250 e. The zero-order valence-corrected chi connectivity index (χ0v) is 20.7. The first-order valence-electron chi connectivity index (χ1n) is 10.2. The van der Waals surface area contributed by atoms with E-state index in [-0.39, 0.29) is 0 Å². The van der Waals surface area contributed by atoms with Crippen LogP contribution < -0.4 is 0 Å². The maximum Gasteiger partial charge on any atom is 0.0849 e. The molecule has 3 rings (SSSR count). The lowest BCUT2D eigenvalue weighted by atomic mass is 10.1. The van der Waals surface area contributed by atoms with Gasteiger partial charge in [-0.1, -0.05) is 29.8 Å². The first-order valence-corrected chi connectivity index (χ1v) is 11.8. The van der Waals surface area contributed by atoms with E-state index in [1.165, 1.54) is 16.0 Å². The number of nitrogens with zero attached hydrogens (tertiary/aromatic N) is 3. The molecule has 0 spiro atoms. The van der Waals surface area contributed by atoms with Gasteiger partial charge in [-0.05, 0) is 94.3 Å². The van der Waals surface area contributed by atoms with E-state index in [4.69, 9.17) is 26.6 Å². The average molecular weight is 450 g/mol. The number of hydrogen-bond acceptors (Lipinski definition) is 4. The highest BCUT2D eigenvalue weighted by Crippen LogP contribution is 2.33. The topological polar surface area (TPSA) is 37.6 Å². The Morgan fingerprint density at radius 3 is 1.87 bits per heavy atom. The smallest absolute Gasteiger partial charge is 0.0849 e. The Balaban J connectivity index is 2.00. The molecule has 0 aliphatic heterocycles. The molecule has 2 aromatic carbocycles. The van der Waals surface area contributed by atoms with Crippen molar-refractivity contribution in [1.82, 2.24) is 4.98 Å². The highest BCUT2D eigenvalue weighted by Gasteiger charge is 2.10. The number of hydrogen-bond donors (Lipinski definition) is 0. The summed E-state index contributed by atoms with van der Waals surface area (Å²) in [5.74, 6) is 0. The SMILES string of the molecule is CSc1cc(C)cc(C)c1N=C(C)c1cccc(C(C)=Nc2c(C)cc(C)cc2Cl)n1. The van der Waals surface area contributed by atoms with Gasteiger partial charge >= 0.3 is 0 Å². The predicted molar refractivity (Wildman–Crippen MR) is 137 cm³/mol. The number of benzene rings is 2. The molecule has 3 nitrogen and oxygen atoms in total. The molecule has 0 saturated heterocycles. The number of thioether (sulfide) groups is 1. The third-order valence-corrected chi connectivity index (χ3v) is 6.12. The van der Waals surface area contributed by atoms with Crippen molar-refractivity contribution in [1.29, 1.82) is 0 Å². The van der Waals surface area contributed by atoms with Crippen LogP contribution in [0.5, 0.6) is 0 Å². The normalized spacial score (nSPS) is 12.4. The molecule has 31 heavy (non-hydrogen) atoms. The minimum atomic E-state index is 0.658. The fourth-order valence-electron chi connectivity index (χ4n) is 3.56. The van der Waals surface area contributed by atoms with Crippen LogP contribution in [0.3, 0.4) is 0 Å². The maximum absolute atomic E-state index is 6.44. The van der Waals surface area contributed by atoms with E-state index >= 15 is 0 Å². The molecule has 1 aromatic heterocycles. The first-order chi connectivity index (χ1) is 14.7. The molecule has 160 valence electrons. The van der Waals surface area contributed by atoms with Crippen LogP contribution in [0, 0.1) is 27.7 Å². The number of aromatic nitrogens is 1. The van der Waals surface area contributed by atoms with E-state index in [0.29, 0.717) is 5.02 Å². The Labute approximate surface area is 194 Å². The van der Waals surface area contributed by atoms with Crippen LogP contribution in [0.1, 0.15) is 47.5 Å². The van der Waals surface area contributed by atoms with Crippen LogP contribution >= 0.6 is 23.4 Å². The molecule has 0 fully saturated rings. The second-order valence-corrected chi connectivity index (χ2v) is 9.10. The molecule has 0 unspecified atom stereocenters. The zero-order valence-electron chi connectivity index (χ0n) is 19.2. The molecule has 1 heterocycles. The molecule has 0 atom stereocenters. The third-order valence-electron chi connectivity index (χ3n) is 5.08. The van der Waals surface area contributed by atoms with E-state index in [1.807, 2.05) is 52.0 Å². The molecule has 0 saturated carbocycles. The molecule has 5 heteroatoms. The second kappa shape index (κ2) is 9.80. The Morgan fingerprint density at radius 1 is 0.806 bits per heavy atom. The molecule has 0 radical (unpaired) electrons. The Kier molecular flexibility index (Phi) is 7.34. The highest BCUT2D eigenvalue weighted by molar-refractivity contribution is 7.98. The van der Waals surface area contributed by atoms with Crippen molar-refractivity contribution >= 4 is 46.2 Å². The molecule has 3 aromatic rings. The van der Waals surface area contributed by atoms with E-state index in [2.05, 4.69) is 38.3 Å². The van der Waals surface area contributed by atoms with Gasteiger partial charge in [0.1, 0.15) is 0 Å². The van der Waals surface area contributed by atoms with Gasteiger partial charge < -0.3 is 0 Å². The maximum atomic E-state index is 6.44. The summed E-state index contributed by atoms with van der Waals surface area (Å²) < 4.78 is 0. The molecular weight excluding hydrogens is 422 g/mol. The predicted octanol–water partition coefficient (Wildman–Crippen LogP) is 7.97. The molecule has 0 bridgehead atoms. The van der Waals surface area contributed by atoms with Crippen molar-refractivity contribution in [2.24, 2.45) is 9.98 Å². The molecule has 0 amide bonds. The summed E-state index contributed by atoms with van der Waals surface area (Å²) in [6.45, 7) is 12.2. The summed E-state index contributed by atoms with van der Waals surface area (Å²) in [7, 11) is 0. The fraction of sp³-hybridized carbons (Fsp3) is 0.269. The highest BCUT2D eigenvalue weighted by atomic mass is 35.5. The van der Waals surface area contributed by atoms with Crippen LogP contribution in [-0.2, 0) is 0 Å². The van der Waals surface area contributed by atoms with Crippen molar-refractivity contribution in [3.8, 4) is 0 Å². The van der Waals surface area contributed by atoms with Crippen LogP contribution in [0.25, 0.3) is 0 Å². The number of aryl methyl sites for hydroxylation is 4. The summed E-state index contributed by atoms with van der Waals surface area (Å²) in [4.78, 5) is 15.7. The summed E-state index contributed by atoms with van der Waals surface area (Å²) in [5.41, 5.74) is 9.75. The minimum absolute atomic E-state index is 0.658. The Morgan fingerprint density at radius 2 is 1.32 bits per heavy atom. The van der Waals surface area contributed by atoms with Crippen LogP contribution in [0.2, 0.25) is 5.02 Å².